The second-order valence-electron chi connectivity index (χ2n) is 4.30. The minimum Gasteiger partial charge on any atom is -0.305 e. The molecular formula is C12H25N3. The summed E-state index contributed by atoms with van der Waals surface area (Å²) in [5.74, 6) is 0. The lowest BCUT2D eigenvalue weighted by atomic mass is 10.1. The molecule has 3 heteroatoms. The van der Waals surface area contributed by atoms with Crippen LogP contribution in [-0.4, -0.2) is 36.3 Å². The molecule has 3 nitrogen and oxygen atoms in total. The smallest absolute Gasteiger partial charge is 0.0619 e. The van der Waals surface area contributed by atoms with Gasteiger partial charge in [0.15, 0.2) is 0 Å². The molecule has 0 radical (unpaired) electrons. The summed E-state index contributed by atoms with van der Waals surface area (Å²) in [7, 11) is 0. The Morgan fingerprint density at radius 2 is 2.07 bits per heavy atom. The Kier molecular flexibility index (Phi) is 5.69. The molecule has 1 N–H and O–H groups in total. The lowest BCUT2D eigenvalue weighted by Crippen LogP contribution is -2.36. The predicted octanol–water partition coefficient (Wildman–Crippen LogP) is 2.24. The van der Waals surface area contributed by atoms with Crippen molar-refractivity contribution >= 4 is 5.71 Å². The second kappa shape index (κ2) is 6.83. The average molecular weight is 211 g/mol. The molecule has 1 heterocycles. The zero-order chi connectivity index (χ0) is 11.1. The van der Waals surface area contributed by atoms with E-state index in [1.165, 1.54) is 25.0 Å². The number of hydrogen-bond donors (Lipinski definition) is 1. The summed E-state index contributed by atoms with van der Waals surface area (Å²) >= 11 is 0. The van der Waals surface area contributed by atoms with Gasteiger partial charge < -0.3 is 10.3 Å². The normalized spacial score (nSPS) is 20.5. The van der Waals surface area contributed by atoms with Crippen LogP contribution in [0.3, 0.4) is 0 Å². The van der Waals surface area contributed by atoms with Crippen LogP contribution in [0.1, 0.15) is 46.5 Å². The maximum Gasteiger partial charge on any atom is 0.0619 e. The van der Waals surface area contributed by atoms with E-state index < -0.39 is 0 Å². The highest BCUT2D eigenvalue weighted by Crippen LogP contribution is 2.10. The fourth-order valence-electron chi connectivity index (χ4n) is 2.00. The Balaban J connectivity index is 2.21. The first kappa shape index (κ1) is 12.5. The largest absolute Gasteiger partial charge is 0.305 e. The first-order valence-corrected chi connectivity index (χ1v) is 6.33. The molecule has 0 saturated carbocycles. The highest BCUT2D eigenvalue weighted by molar-refractivity contribution is 5.86. The van der Waals surface area contributed by atoms with Crippen LogP contribution in [-0.2, 0) is 0 Å². The molecule has 0 saturated heterocycles. The number of unbranched alkanes of at least 4 members (excludes halogenated alkanes) is 1. The van der Waals surface area contributed by atoms with Crippen LogP contribution in [0.25, 0.3) is 0 Å². The Bertz CT molecular complexity index is 197. The first-order chi connectivity index (χ1) is 7.30. The Morgan fingerprint density at radius 1 is 1.33 bits per heavy atom. The van der Waals surface area contributed by atoms with Gasteiger partial charge in [-0.1, -0.05) is 27.2 Å². The minimum absolute atomic E-state index is 0.553. The molecular weight excluding hydrogens is 186 g/mol. The van der Waals surface area contributed by atoms with E-state index in [2.05, 4.69) is 36.2 Å². The van der Waals surface area contributed by atoms with Gasteiger partial charge in [0.1, 0.15) is 0 Å². The van der Waals surface area contributed by atoms with E-state index in [4.69, 9.17) is 0 Å². The third-order valence-corrected chi connectivity index (χ3v) is 3.08. The number of hydrazone groups is 1. The van der Waals surface area contributed by atoms with Gasteiger partial charge in [0.25, 0.3) is 0 Å². The molecule has 0 aromatic heterocycles. The summed E-state index contributed by atoms with van der Waals surface area (Å²) in [5, 5.41) is 4.42. The fraction of sp³-hybridized carbons (Fsp3) is 0.917. The molecule has 1 rings (SSSR count). The predicted molar refractivity (Wildman–Crippen MR) is 66.3 cm³/mol. The van der Waals surface area contributed by atoms with Crippen LogP contribution in [0.15, 0.2) is 5.10 Å². The van der Waals surface area contributed by atoms with E-state index in [9.17, 15) is 0 Å². The van der Waals surface area contributed by atoms with Crippen molar-refractivity contribution in [3.63, 3.8) is 0 Å². The van der Waals surface area contributed by atoms with E-state index >= 15 is 0 Å². The number of hydrogen-bond acceptors (Lipinski definition) is 3. The van der Waals surface area contributed by atoms with Crippen molar-refractivity contribution in [3.8, 4) is 0 Å². The van der Waals surface area contributed by atoms with Crippen molar-refractivity contribution in [2.24, 2.45) is 5.10 Å². The van der Waals surface area contributed by atoms with Crippen LogP contribution in [0.2, 0.25) is 0 Å². The van der Waals surface area contributed by atoms with E-state index in [-0.39, 0.29) is 0 Å². The number of nitrogens with zero attached hydrogens (tertiary/aromatic N) is 2. The second-order valence-corrected chi connectivity index (χ2v) is 4.30. The molecule has 1 atom stereocenters. The quantitative estimate of drug-likeness (QED) is 0.699. The standard InChI is InChI=1S/C12H25N3/c1-4-7-8-11-9-12(14-13-11)10-15(5-2)6-3/h12,14H,4-10H2,1-3H3. The molecule has 0 aromatic carbocycles. The number of nitrogens with one attached hydrogen (secondary N) is 1. The number of rotatable bonds is 7. The minimum atomic E-state index is 0.553. The molecule has 0 amide bonds. The van der Waals surface area contributed by atoms with Crippen molar-refractivity contribution in [1.82, 2.24) is 10.3 Å². The van der Waals surface area contributed by atoms with E-state index in [0.717, 1.165) is 26.1 Å². The molecule has 0 bridgehead atoms. The van der Waals surface area contributed by atoms with Gasteiger partial charge in [-0.05, 0) is 25.9 Å². The third-order valence-electron chi connectivity index (χ3n) is 3.08. The number of likely N-dealkylation sites (N-methyl/N-ethyl adjacent to an activating group) is 1. The van der Waals surface area contributed by atoms with E-state index in [1.54, 1.807) is 0 Å². The zero-order valence-electron chi connectivity index (χ0n) is 10.4. The van der Waals surface area contributed by atoms with Crippen molar-refractivity contribution in [2.75, 3.05) is 19.6 Å². The Hall–Kier alpha value is -0.570. The summed E-state index contributed by atoms with van der Waals surface area (Å²) in [6.45, 7) is 10.1. The summed E-state index contributed by atoms with van der Waals surface area (Å²) in [6, 6.07) is 0.553. The maximum atomic E-state index is 4.42. The van der Waals surface area contributed by atoms with Crippen LogP contribution in [0.5, 0.6) is 0 Å². The summed E-state index contributed by atoms with van der Waals surface area (Å²) in [5.41, 5.74) is 4.63. The van der Waals surface area contributed by atoms with E-state index in [1.807, 2.05) is 0 Å². The summed E-state index contributed by atoms with van der Waals surface area (Å²) in [6.07, 6.45) is 4.87. The molecule has 0 aromatic rings. The van der Waals surface area contributed by atoms with Crippen molar-refractivity contribution in [1.29, 1.82) is 0 Å². The fourth-order valence-corrected chi connectivity index (χ4v) is 2.00. The van der Waals surface area contributed by atoms with Gasteiger partial charge >= 0.3 is 0 Å². The molecule has 0 aliphatic carbocycles. The van der Waals surface area contributed by atoms with Crippen LogP contribution in [0.4, 0.5) is 0 Å². The van der Waals surface area contributed by atoms with Gasteiger partial charge in [-0.2, -0.15) is 5.10 Å². The van der Waals surface area contributed by atoms with Crippen molar-refractivity contribution in [3.05, 3.63) is 0 Å². The zero-order valence-corrected chi connectivity index (χ0v) is 10.4. The molecule has 15 heavy (non-hydrogen) atoms. The van der Waals surface area contributed by atoms with Gasteiger partial charge in [-0.25, -0.2) is 0 Å². The molecule has 1 unspecified atom stereocenters. The molecule has 1 aliphatic rings. The van der Waals surface area contributed by atoms with Gasteiger partial charge in [-0.3, -0.25) is 0 Å². The lowest BCUT2D eigenvalue weighted by molar-refractivity contribution is 0.273. The SMILES string of the molecule is CCCCC1=NNC(CN(CC)CC)C1. The van der Waals surface area contributed by atoms with Crippen LogP contribution >= 0.6 is 0 Å². The Labute approximate surface area is 93.9 Å². The monoisotopic (exact) mass is 211 g/mol. The van der Waals surface area contributed by atoms with Crippen LogP contribution < -0.4 is 5.43 Å². The highest BCUT2D eigenvalue weighted by Gasteiger charge is 2.19. The summed E-state index contributed by atoms with van der Waals surface area (Å²) in [4.78, 5) is 2.45. The van der Waals surface area contributed by atoms with Crippen LogP contribution in [0, 0.1) is 0 Å². The lowest BCUT2D eigenvalue weighted by Gasteiger charge is -2.21. The third kappa shape index (κ3) is 4.20. The highest BCUT2D eigenvalue weighted by atomic mass is 15.3. The maximum absolute atomic E-state index is 4.42. The topological polar surface area (TPSA) is 27.6 Å². The average Bonchev–Trinajstić information content (AvgIpc) is 2.70. The van der Waals surface area contributed by atoms with Gasteiger partial charge in [0.05, 0.1) is 6.04 Å². The molecule has 0 fully saturated rings. The van der Waals surface area contributed by atoms with Crippen molar-refractivity contribution < 1.29 is 0 Å². The van der Waals surface area contributed by atoms with Gasteiger partial charge in [-0.15, -0.1) is 0 Å². The van der Waals surface area contributed by atoms with Gasteiger partial charge in [0.2, 0.25) is 0 Å². The van der Waals surface area contributed by atoms with Crippen molar-refractivity contribution in [2.45, 2.75) is 52.5 Å². The summed E-state index contributed by atoms with van der Waals surface area (Å²) < 4.78 is 0. The van der Waals surface area contributed by atoms with Gasteiger partial charge in [0, 0.05) is 18.7 Å². The molecule has 88 valence electrons. The first-order valence-electron chi connectivity index (χ1n) is 6.33. The molecule has 1 aliphatic heterocycles. The molecule has 0 spiro atoms. The Morgan fingerprint density at radius 3 is 2.67 bits per heavy atom. The van der Waals surface area contributed by atoms with E-state index in [0.29, 0.717) is 6.04 Å².